The molecule has 1 amide bonds. The fourth-order valence-electron chi connectivity index (χ4n) is 1.80. The third-order valence-electron chi connectivity index (χ3n) is 2.86. The number of rotatable bonds is 7. The number of amides is 1. The Kier molecular flexibility index (Phi) is 7.00. The molecule has 2 rings (SSSR count). The van der Waals surface area contributed by atoms with Crippen LogP contribution in [-0.4, -0.2) is 23.6 Å². The standard InChI is InChI=1S/C17H17ClN2OS/c18-16-8-4-7-15(11-16)12-19-20-17(21)13-22-10-9-14-5-2-1-3-6-14/h1-8,11-12H,9-10,13H2,(H,20,21)/b19-12-. The Bertz CT molecular complexity index is 632. The molecule has 0 saturated carbocycles. The molecule has 0 spiro atoms. The number of benzene rings is 2. The molecule has 2 aromatic carbocycles. The molecule has 0 radical (unpaired) electrons. The van der Waals surface area contributed by atoms with E-state index >= 15 is 0 Å². The highest BCUT2D eigenvalue weighted by Gasteiger charge is 2.00. The SMILES string of the molecule is O=C(CSCCc1ccccc1)N/N=C\c1cccc(Cl)c1. The summed E-state index contributed by atoms with van der Waals surface area (Å²) in [7, 11) is 0. The van der Waals surface area contributed by atoms with E-state index in [9.17, 15) is 4.79 Å². The van der Waals surface area contributed by atoms with Crippen molar-refractivity contribution in [1.82, 2.24) is 5.43 Å². The summed E-state index contributed by atoms with van der Waals surface area (Å²) in [5, 5.41) is 4.57. The van der Waals surface area contributed by atoms with E-state index < -0.39 is 0 Å². The maximum absolute atomic E-state index is 11.6. The fraction of sp³-hybridized carbons (Fsp3) is 0.176. The van der Waals surface area contributed by atoms with Crippen molar-refractivity contribution in [2.45, 2.75) is 6.42 Å². The van der Waals surface area contributed by atoms with E-state index in [0.717, 1.165) is 17.7 Å². The van der Waals surface area contributed by atoms with E-state index in [0.29, 0.717) is 10.8 Å². The van der Waals surface area contributed by atoms with Gasteiger partial charge in [-0.25, -0.2) is 5.43 Å². The molecule has 0 fully saturated rings. The van der Waals surface area contributed by atoms with Crippen LogP contribution in [0.25, 0.3) is 0 Å². The minimum Gasteiger partial charge on any atom is -0.272 e. The Morgan fingerprint density at radius 3 is 2.77 bits per heavy atom. The van der Waals surface area contributed by atoms with Crippen LogP contribution in [0.2, 0.25) is 5.02 Å². The molecule has 0 atom stereocenters. The Hall–Kier alpha value is -1.78. The quantitative estimate of drug-likeness (QED) is 0.476. The van der Waals surface area contributed by atoms with E-state index in [-0.39, 0.29) is 5.91 Å². The zero-order valence-electron chi connectivity index (χ0n) is 12.0. The summed E-state index contributed by atoms with van der Waals surface area (Å²) < 4.78 is 0. The molecule has 0 aliphatic carbocycles. The number of carbonyl (C=O) groups excluding carboxylic acids is 1. The van der Waals surface area contributed by atoms with Crippen LogP contribution < -0.4 is 5.43 Å². The first kappa shape index (κ1) is 16.6. The van der Waals surface area contributed by atoms with E-state index in [1.54, 1.807) is 30.1 Å². The average molecular weight is 333 g/mol. The summed E-state index contributed by atoms with van der Waals surface area (Å²) in [6.45, 7) is 0. The van der Waals surface area contributed by atoms with Gasteiger partial charge in [0.05, 0.1) is 12.0 Å². The van der Waals surface area contributed by atoms with Gasteiger partial charge in [-0.2, -0.15) is 16.9 Å². The molecule has 0 heterocycles. The van der Waals surface area contributed by atoms with Gasteiger partial charge in [0.25, 0.3) is 0 Å². The molecule has 0 unspecified atom stereocenters. The first-order valence-corrected chi connectivity index (χ1v) is 8.46. The van der Waals surface area contributed by atoms with Crippen molar-refractivity contribution in [3.05, 3.63) is 70.7 Å². The highest BCUT2D eigenvalue weighted by Crippen LogP contribution is 2.09. The molecule has 3 nitrogen and oxygen atoms in total. The number of hydrogen-bond donors (Lipinski definition) is 1. The maximum Gasteiger partial charge on any atom is 0.250 e. The molecule has 2 aromatic rings. The molecule has 0 aliphatic heterocycles. The number of carbonyl (C=O) groups is 1. The van der Waals surface area contributed by atoms with Crippen LogP contribution in [0.1, 0.15) is 11.1 Å². The van der Waals surface area contributed by atoms with Gasteiger partial charge in [-0.3, -0.25) is 4.79 Å². The van der Waals surface area contributed by atoms with Gasteiger partial charge in [0.15, 0.2) is 0 Å². The van der Waals surface area contributed by atoms with Crippen LogP contribution in [0.4, 0.5) is 0 Å². The lowest BCUT2D eigenvalue weighted by molar-refractivity contribution is -0.118. The summed E-state index contributed by atoms with van der Waals surface area (Å²) in [4.78, 5) is 11.6. The summed E-state index contributed by atoms with van der Waals surface area (Å²) >= 11 is 7.47. The number of nitrogens with one attached hydrogen (secondary N) is 1. The Morgan fingerprint density at radius 2 is 2.00 bits per heavy atom. The zero-order chi connectivity index (χ0) is 15.6. The summed E-state index contributed by atoms with van der Waals surface area (Å²) in [6.07, 6.45) is 2.54. The maximum atomic E-state index is 11.6. The zero-order valence-corrected chi connectivity index (χ0v) is 13.6. The van der Waals surface area contributed by atoms with Gasteiger partial charge in [0, 0.05) is 5.02 Å². The Morgan fingerprint density at radius 1 is 1.18 bits per heavy atom. The second-order valence-electron chi connectivity index (χ2n) is 4.64. The number of nitrogens with zero attached hydrogens (tertiary/aromatic N) is 1. The lowest BCUT2D eigenvalue weighted by Crippen LogP contribution is -2.20. The van der Waals surface area contributed by atoms with Gasteiger partial charge in [-0.1, -0.05) is 54.1 Å². The van der Waals surface area contributed by atoms with E-state index in [4.69, 9.17) is 11.6 Å². The van der Waals surface area contributed by atoms with Crippen LogP contribution in [0, 0.1) is 0 Å². The van der Waals surface area contributed by atoms with Gasteiger partial charge >= 0.3 is 0 Å². The molecular weight excluding hydrogens is 316 g/mol. The van der Waals surface area contributed by atoms with Crippen LogP contribution in [0.3, 0.4) is 0 Å². The second-order valence-corrected chi connectivity index (χ2v) is 6.18. The molecule has 0 bridgehead atoms. The van der Waals surface area contributed by atoms with E-state index in [1.807, 2.05) is 30.3 Å². The summed E-state index contributed by atoms with van der Waals surface area (Å²) in [5.41, 5.74) is 4.65. The molecule has 0 saturated heterocycles. The fourth-order valence-corrected chi connectivity index (χ4v) is 2.77. The largest absolute Gasteiger partial charge is 0.272 e. The second kappa shape index (κ2) is 9.28. The molecular formula is C17H17ClN2OS. The van der Waals surface area contributed by atoms with Gasteiger partial charge in [0.1, 0.15) is 0 Å². The lowest BCUT2D eigenvalue weighted by Gasteiger charge is -2.01. The third-order valence-corrected chi connectivity index (χ3v) is 4.06. The van der Waals surface area contributed by atoms with Gasteiger partial charge in [-0.15, -0.1) is 0 Å². The number of hydrazone groups is 1. The molecule has 5 heteroatoms. The normalized spacial score (nSPS) is 10.8. The average Bonchev–Trinajstić information content (AvgIpc) is 2.53. The van der Waals surface area contributed by atoms with Crippen LogP contribution in [-0.2, 0) is 11.2 Å². The third kappa shape index (κ3) is 6.33. The van der Waals surface area contributed by atoms with Crippen LogP contribution in [0.15, 0.2) is 59.7 Å². The topological polar surface area (TPSA) is 41.5 Å². The monoisotopic (exact) mass is 332 g/mol. The predicted molar refractivity (Wildman–Crippen MR) is 94.7 cm³/mol. The number of hydrogen-bond acceptors (Lipinski definition) is 3. The first-order chi connectivity index (χ1) is 10.7. The minimum atomic E-state index is -0.101. The molecule has 22 heavy (non-hydrogen) atoms. The molecule has 0 aromatic heterocycles. The first-order valence-electron chi connectivity index (χ1n) is 6.93. The van der Waals surface area contributed by atoms with E-state index in [2.05, 4.69) is 22.7 Å². The molecule has 1 N–H and O–H groups in total. The van der Waals surface area contributed by atoms with Crippen molar-refractivity contribution in [1.29, 1.82) is 0 Å². The number of thioether (sulfide) groups is 1. The molecule has 0 aliphatic rings. The van der Waals surface area contributed by atoms with E-state index in [1.165, 1.54) is 5.56 Å². The summed E-state index contributed by atoms with van der Waals surface area (Å²) in [5.74, 6) is 1.21. The van der Waals surface area contributed by atoms with Gasteiger partial charge in [0.2, 0.25) is 5.91 Å². The van der Waals surface area contributed by atoms with Gasteiger partial charge < -0.3 is 0 Å². The van der Waals surface area contributed by atoms with Gasteiger partial charge in [-0.05, 0) is 35.4 Å². The predicted octanol–water partition coefficient (Wildman–Crippen LogP) is 3.77. The smallest absolute Gasteiger partial charge is 0.250 e. The minimum absolute atomic E-state index is 0.101. The number of aryl methyl sites for hydroxylation is 1. The Balaban J connectivity index is 1.64. The van der Waals surface area contributed by atoms with Crippen molar-refractivity contribution in [2.24, 2.45) is 5.10 Å². The van der Waals surface area contributed by atoms with Crippen molar-refractivity contribution in [3.8, 4) is 0 Å². The van der Waals surface area contributed by atoms with Crippen LogP contribution in [0.5, 0.6) is 0 Å². The highest BCUT2D eigenvalue weighted by molar-refractivity contribution is 7.99. The van der Waals surface area contributed by atoms with Crippen molar-refractivity contribution in [3.63, 3.8) is 0 Å². The number of halogens is 1. The lowest BCUT2D eigenvalue weighted by atomic mass is 10.2. The Labute approximate surface area is 139 Å². The summed E-state index contributed by atoms with van der Waals surface area (Å²) in [6, 6.07) is 17.5. The highest BCUT2D eigenvalue weighted by atomic mass is 35.5. The van der Waals surface area contributed by atoms with Crippen LogP contribution >= 0.6 is 23.4 Å². The van der Waals surface area contributed by atoms with Crippen molar-refractivity contribution < 1.29 is 4.79 Å². The molecule has 114 valence electrons. The van der Waals surface area contributed by atoms with Crippen molar-refractivity contribution in [2.75, 3.05) is 11.5 Å². The van der Waals surface area contributed by atoms with Crippen molar-refractivity contribution >= 4 is 35.5 Å².